The van der Waals surface area contributed by atoms with Gasteiger partial charge in [-0.1, -0.05) is 60.3 Å². The molecule has 0 amide bonds. The second-order valence-corrected chi connectivity index (χ2v) is 9.21. The van der Waals surface area contributed by atoms with Crippen molar-refractivity contribution < 1.29 is 26.2 Å². The van der Waals surface area contributed by atoms with E-state index in [9.17, 15) is 5.11 Å². The Morgan fingerprint density at radius 2 is 1.38 bits per heavy atom. The minimum absolute atomic E-state index is 0. The van der Waals surface area contributed by atoms with E-state index >= 15 is 0 Å². The van der Waals surface area contributed by atoms with E-state index in [1.54, 1.807) is 6.07 Å². The number of para-hydroxylation sites is 5. The maximum absolute atomic E-state index is 10.7. The number of hydrogen-bond donors (Lipinski definition) is 1. The van der Waals surface area contributed by atoms with Crippen molar-refractivity contribution in [2.24, 2.45) is 0 Å². The summed E-state index contributed by atoms with van der Waals surface area (Å²) in [6.07, 6.45) is 0. The fraction of sp³-hybridized carbons (Fsp3) is 0. The van der Waals surface area contributed by atoms with E-state index in [1.165, 1.54) is 0 Å². The van der Waals surface area contributed by atoms with Crippen LogP contribution in [-0.4, -0.2) is 19.6 Å². The van der Waals surface area contributed by atoms with Crippen molar-refractivity contribution in [3.63, 3.8) is 0 Å². The topological polar surface area (TPSA) is 54.2 Å². The summed E-state index contributed by atoms with van der Waals surface area (Å²) in [5.74, 6) is 0.967. The zero-order chi connectivity index (χ0) is 26.2. The standard InChI is InChI=1S/C34H23N4O.Pt/c39-32-20-10-9-19-31(32)38-30-18-8-7-16-26(30)27-22-23-29(36-34(27)38)28-17-11-21-33(35-28)37(24-12-3-1-4-13-24)25-14-5-2-6-15-25;/h1-14,16-23,39H;/q-1;. The van der Waals surface area contributed by atoms with Crippen molar-refractivity contribution in [3.05, 3.63) is 140 Å². The van der Waals surface area contributed by atoms with Crippen LogP contribution in [0.4, 0.5) is 17.2 Å². The molecule has 5 nitrogen and oxygen atoms in total. The van der Waals surface area contributed by atoms with Gasteiger partial charge in [0.05, 0.1) is 22.6 Å². The maximum Gasteiger partial charge on any atom is 0.146 e. The molecule has 0 unspecified atom stereocenters. The first kappa shape index (κ1) is 25.5. The van der Waals surface area contributed by atoms with Gasteiger partial charge in [0.2, 0.25) is 0 Å². The number of aromatic nitrogens is 3. The molecule has 3 heterocycles. The SMILES string of the molecule is Oc1ccccc1-n1c2ccccc2c2ccc(-c3cccc(N(c4[c-]cccc4)c4ccccc4)n3)nc21.[Pt]. The van der Waals surface area contributed by atoms with Gasteiger partial charge in [-0.3, -0.25) is 4.57 Å². The molecule has 0 bridgehead atoms. The molecule has 6 heteroatoms. The summed E-state index contributed by atoms with van der Waals surface area (Å²) in [6.45, 7) is 0. The molecule has 40 heavy (non-hydrogen) atoms. The minimum Gasteiger partial charge on any atom is -0.506 e. The molecule has 0 atom stereocenters. The number of anilines is 3. The Morgan fingerprint density at radius 3 is 2.20 bits per heavy atom. The fourth-order valence-electron chi connectivity index (χ4n) is 5.06. The van der Waals surface area contributed by atoms with Gasteiger partial charge in [0.1, 0.15) is 17.2 Å². The van der Waals surface area contributed by atoms with Crippen molar-refractivity contribution in [1.82, 2.24) is 14.5 Å². The third kappa shape index (κ3) is 4.45. The van der Waals surface area contributed by atoms with Crippen LogP contribution in [0.3, 0.4) is 0 Å². The average Bonchev–Trinajstić information content (AvgIpc) is 3.32. The predicted molar refractivity (Wildman–Crippen MR) is 157 cm³/mol. The summed E-state index contributed by atoms with van der Waals surface area (Å²) < 4.78 is 2.02. The molecule has 0 fully saturated rings. The summed E-state index contributed by atoms with van der Waals surface area (Å²) in [4.78, 5) is 12.3. The van der Waals surface area contributed by atoms with E-state index in [1.807, 2.05) is 102 Å². The first-order chi connectivity index (χ1) is 19.3. The zero-order valence-corrected chi connectivity index (χ0v) is 23.5. The number of fused-ring (bicyclic) bond motifs is 3. The van der Waals surface area contributed by atoms with Crippen LogP contribution >= 0.6 is 0 Å². The quantitative estimate of drug-likeness (QED) is 0.184. The van der Waals surface area contributed by atoms with Gasteiger partial charge in [-0.2, -0.15) is 24.3 Å². The van der Waals surface area contributed by atoms with Crippen LogP contribution < -0.4 is 4.90 Å². The van der Waals surface area contributed by atoms with Gasteiger partial charge in [-0.25, -0.2) is 9.97 Å². The molecule has 0 aliphatic heterocycles. The van der Waals surface area contributed by atoms with Gasteiger partial charge in [0, 0.05) is 37.5 Å². The monoisotopic (exact) mass is 698 g/mol. The molecule has 0 radical (unpaired) electrons. The summed E-state index contributed by atoms with van der Waals surface area (Å²) in [5.41, 5.74) is 5.82. The number of aromatic hydroxyl groups is 1. The van der Waals surface area contributed by atoms with Crippen LogP contribution in [0.2, 0.25) is 0 Å². The summed E-state index contributed by atoms with van der Waals surface area (Å²) in [5, 5.41) is 12.8. The van der Waals surface area contributed by atoms with Crippen molar-refractivity contribution in [3.8, 4) is 22.8 Å². The normalized spacial score (nSPS) is 10.9. The van der Waals surface area contributed by atoms with Crippen LogP contribution in [0.1, 0.15) is 0 Å². The molecule has 7 aromatic rings. The number of nitrogens with zero attached hydrogens (tertiary/aromatic N) is 4. The van der Waals surface area contributed by atoms with Gasteiger partial charge in [0.15, 0.2) is 0 Å². The third-order valence-corrected chi connectivity index (χ3v) is 6.82. The van der Waals surface area contributed by atoms with Crippen LogP contribution in [0.15, 0.2) is 133 Å². The minimum atomic E-state index is 0. The Morgan fingerprint density at radius 1 is 0.625 bits per heavy atom. The molecule has 0 spiro atoms. The van der Waals surface area contributed by atoms with E-state index in [4.69, 9.17) is 9.97 Å². The molecule has 3 aromatic heterocycles. The van der Waals surface area contributed by atoms with E-state index < -0.39 is 0 Å². The van der Waals surface area contributed by atoms with Gasteiger partial charge < -0.3 is 10.0 Å². The number of hydrogen-bond acceptors (Lipinski definition) is 4. The molecule has 4 aromatic carbocycles. The van der Waals surface area contributed by atoms with Crippen molar-refractivity contribution in [2.75, 3.05) is 4.90 Å². The van der Waals surface area contributed by atoms with Crippen LogP contribution in [0, 0.1) is 6.07 Å². The van der Waals surface area contributed by atoms with Crippen LogP contribution in [-0.2, 0) is 21.1 Å². The Balaban J connectivity index is 0.00000289. The predicted octanol–water partition coefficient (Wildman–Crippen LogP) is 8.21. The van der Waals surface area contributed by atoms with Crippen LogP contribution in [0.25, 0.3) is 39.0 Å². The molecule has 196 valence electrons. The second-order valence-electron chi connectivity index (χ2n) is 9.21. The summed E-state index contributed by atoms with van der Waals surface area (Å²) >= 11 is 0. The van der Waals surface area contributed by atoms with Gasteiger partial charge in [-0.05, 0) is 54.6 Å². The van der Waals surface area contributed by atoms with Crippen molar-refractivity contribution in [2.45, 2.75) is 0 Å². The zero-order valence-electron chi connectivity index (χ0n) is 21.3. The largest absolute Gasteiger partial charge is 0.506 e. The molecule has 1 N–H and O–H groups in total. The van der Waals surface area contributed by atoms with E-state index in [0.717, 1.165) is 50.5 Å². The van der Waals surface area contributed by atoms with E-state index in [0.29, 0.717) is 5.69 Å². The second kappa shape index (κ2) is 10.8. The summed E-state index contributed by atoms with van der Waals surface area (Å²) in [7, 11) is 0. The fourth-order valence-corrected chi connectivity index (χ4v) is 5.06. The first-order valence-electron chi connectivity index (χ1n) is 12.8. The van der Waals surface area contributed by atoms with E-state index in [2.05, 4.69) is 41.3 Å². The van der Waals surface area contributed by atoms with Gasteiger partial charge in [0.25, 0.3) is 0 Å². The Hall–Kier alpha value is -4.73. The van der Waals surface area contributed by atoms with E-state index in [-0.39, 0.29) is 26.8 Å². The van der Waals surface area contributed by atoms with Gasteiger partial charge >= 0.3 is 0 Å². The molecular formula is C34H23N4OPt-. The molecule has 0 saturated heterocycles. The molecule has 0 aliphatic rings. The smallest absolute Gasteiger partial charge is 0.146 e. The Bertz CT molecular complexity index is 1900. The maximum atomic E-state index is 10.7. The number of rotatable bonds is 5. The number of pyridine rings is 2. The van der Waals surface area contributed by atoms with Crippen molar-refractivity contribution in [1.29, 1.82) is 0 Å². The average molecular weight is 699 g/mol. The first-order valence-corrected chi connectivity index (χ1v) is 12.8. The third-order valence-electron chi connectivity index (χ3n) is 6.82. The molecule has 7 rings (SSSR count). The van der Waals surface area contributed by atoms with Crippen molar-refractivity contribution >= 4 is 39.1 Å². The summed E-state index contributed by atoms with van der Waals surface area (Å²) in [6, 6.07) is 47.0. The number of phenols is 1. The Labute approximate surface area is 246 Å². The molecule has 0 saturated carbocycles. The van der Waals surface area contributed by atoms with Crippen LogP contribution in [0.5, 0.6) is 5.75 Å². The number of phenolic OH excluding ortho intramolecular Hbond substituents is 1. The number of benzene rings is 4. The Kier molecular flexibility index (Phi) is 6.89. The molecular weight excluding hydrogens is 675 g/mol. The van der Waals surface area contributed by atoms with Gasteiger partial charge in [-0.15, -0.1) is 6.07 Å². The molecule has 0 aliphatic carbocycles.